The Bertz CT molecular complexity index is 1120. The molecular formula is C28H33N3O5. The predicted molar refractivity (Wildman–Crippen MR) is 135 cm³/mol. The maximum atomic E-state index is 13.4. The van der Waals surface area contributed by atoms with Gasteiger partial charge in [-0.05, 0) is 55.4 Å². The van der Waals surface area contributed by atoms with E-state index in [1.807, 2.05) is 30.3 Å². The Balaban J connectivity index is 1.22. The van der Waals surface area contributed by atoms with E-state index in [4.69, 9.17) is 9.47 Å². The first kappa shape index (κ1) is 24.3. The predicted octanol–water partition coefficient (Wildman–Crippen LogP) is 3.16. The Morgan fingerprint density at radius 1 is 1.03 bits per heavy atom. The highest BCUT2D eigenvalue weighted by Crippen LogP contribution is 2.33. The number of amides is 3. The third-order valence-corrected chi connectivity index (χ3v) is 7.20. The van der Waals surface area contributed by atoms with Crippen LogP contribution in [0.2, 0.25) is 0 Å². The Morgan fingerprint density at radius 2 is 1.83 bits per heavy atom. The molecule has 0 aromatic heterocycles. The number of nitrogens with one attached hydrogen (secondary N) is 2. The highest BCUT2D eigenvalue weighted by Gasteiger charge is 2.39. The van der Waals surface area contributed by atoms with Crippen molar-refractivity contribution >= 4 is 23.4 Å². The Labute approximate surface area is 211 Å². The van der Waals surface area contributed by atoms with Crippen LogP contribution in [0, 0.1) is 5.92 Å². The summed E-state index contributed by atoms with van der Waals surface area (Å²) >= 11 is 0. The molecule has 8 nitrogen and oxygen atoms in total. The van der Waals surface area contributed by atoms with E-state index in [0.29, 0.717) is 35.8 Å². The van der Waals surface area contributed by atoms with Gasteiger partial charge < -0.3 is 25.0 Å². The molecule has 2 aromatic rings. The highest BCUT2D eigenvalue weighted by molar-refractivity contribution is 6.00. The zero-order valence-electron chi connectivity index (χ0n) is 20.6. The van der Waals surface area contributed by atoms with Gasteiger partial charge in [0.1, 0.15) is 18.5 Å². The van der Waals surface area contributed by atoms with E-state index < -0.39 is 0 Å². The van der Waals surface area contributed by atoms with E-state index in [9.17, 15) is 14.4 Å². The van der Waals surface area contributed by atoms with Crippen LogP contribution in [0.5, 0.6) is 5.75 Å². The summed E-state index contributed by atoms with van der Waals surface area (Å²) < 4.78 is 12.3. The van der Waals surface area contributed by atoms with Crippen LogP contribution in [0.15, 0.2) is 48.5 Å². The number of benzene rings is 2. The van der Waals surface area contributed by atoms with Gasteiger partial charge in [-0.25, -0.2) is 0 Å². The Hall–Kier alpha value is -3.39. The number of hydrogen-bond donors (Lipinski definition) is 2. The second-order valence-electron chi connectivity index (χ2n) is 10.0. The topological polar surface area (TPSA) is 97.0 Å². The van der Waals surface area contributed by atoms with E-state index in [-0.39, 0.29) is 49.0 Å². The van der Waals surface area contributed by atoms with E-state index >= 15 is 0 Å². The van der Waals surface area contributed by atoms with Crippen molar-refractivity contribution in [1.29, 1.82) is 0 Å². The van der Waals surface area contributed by atoms with Gasteiger partial charge in [-0.3, -0.25) is 14.4 Å². The standard InChI is InChI=1S/C28H33N3O5/c1-31-23-11-10-21(15-26(32)29-16-19-7-8-19)36-25(23)17-35-24-12-9-20(14-22(24)28(31)34)30-27(33)13-18-5-3-2-4-6-18/h2-6,9,12,14,19,21,23,25H,7-8,10-11,13,15-17H2,1H3,(H,29,32)(H,30,33)/t21-,23-,25+/m0/s1. The normalized spacial score (nSPS) is 23.4. The van der Waals surface area contributed by atoms with Crippen LogP contribution < -0.4 is 15.4 Å². The summed E-state index contributed by atoms with van der Waals surface area (Å²) in [6.45, 7) is 1.04. The lowest BCUT2D eigenvalue weighted by atomic mass is 9.94. The average Bonchev–Trinajstić information content (AvgIpc) is 3.70. The third kappa shape index (κ3) is 5.87. The maximum absolute atomic E-state index is 13.4. The van der Waals surface area contributed by atoms with Crippen molar-refractivity contribution < 1.29 is 23.9 Å². The summed E-state index contributed by atoms with van der Waals surface area (Å²) in [6.07, 6.45) is 3.93. The fourth-order valence-electron chi connectivity index (χ4n) is 4.95. The molecule has 3 aliphatic rings. The van der Waals surface area contributed by atoms with Crippen LogP contribution >= 0.6 is 0 Å². The molecule has 3 amide bonds. The summed E-state index contributed by atoms with van der Waals surface area (Å²) in [6, 6.07) is 14.5. The number of likely N-dealkylation sites (N-methyl/N-ethyl adjacent to an activating group) is 1. The lowest BCUT2D eigenvalue weighted by molar-refractivity contribution is -0.134. The van der Waals surface area contributed by atoms with Crippen LogP contribution in [-0.2, 0) is 20.7 Å². The van der Waals surface area contributed by atoms with Crippen molar-refractivity contribution in [3.63, 3.8) is 0 Å². The van der Waals surface area contributed by atoms with Crippen molar-refractivity contribution in [3.8, 4) is 5.75 Å². The second-order valence-corrected chi connectivity index (χ2v) is 10.0. The molecule has 190 valence electrons. The molecular weight excluding hydrogens is 458 g/mol. The van der Waals surface area contributed by atoms with Gasteiger partial charge in [0.05, 0.1) is 30.6 Å². The van der Waals surface area contributed by atoms with Crippen molar-refractivity contribution in [2.24, 2.45) is 5.92 Å². The van der Waals surface area contributed by atoms with E-state index in [2.05, 4.69) is 10.6 Å². The summed E-state index contributed by atoms with van der Waals surface area (Å²) in [5, 5.41) is 5.89. The Morgan fingerprint density at radius 3 is 2.61 bits per heavy atom. The van der Waals surface area contributed by atoms with Crippen molar-refractivity contribution in [2.75, 3.05) is 25.5 Å². The van der Waals surface area contributed by atoms with Gasteiger partial charge in [0.15, 0.2) is 0 Å². The fraction of sp³-hybridized carbons (Fsp3) is 0.464. The molecule has 1 saturated heterocycles. The first-order valence-electron chi connectivity index (χ1n) is 12.8. The van der Waals surface area contributed by atoms with E-state index in [1.54, 1.807) is 30.1 Å². The number of carbonyl (C=O) groups excluding carboxylic acids is 3. The van der Waals surface area contributed by atoms with Crippen LogP contribution in [0.3, 0.4) is 0 Å². The lowest BCUT2D eigenvalue weighted by Crippen LogP contribution is -2.54. The molecule has 5 rings (SSSR count). The van der Waals surface area contributed by atoms with E-state index in [0.717, 1.165) is 18.5 Å². The van der Waals surface area contributed by atoms with Crippen LogP contribution in [0.25, 0.3) is 0 Å². The first-order chi connectivity index (χ1) is 17.5. The molecule has 36 heavy (non-hydrogen) atoms. The lowest BCUT2D eigenvalue weighted by Gasteiger charge is -2.42. The molecule has 2 aromatic carbocycles. The van der Waals surface area contributed by atoms with Crippen molar-refractivity contribution in [1.82, 2.24) is 10.2 Å². The minimum absolute atomic E-state index is 0.0220. The molecule has 0 bridgehead atoms. The SMILES string of the molecule is CN1C(=O)c2cc(NC(=O)Cc3ccccc3)ccc2OC[C@H]2O[C@H](CC(=O)NCC3CC3)CC[C@@H]21. The second kappa shape index (κ2) is 10.7. The minimum atomic E-state index is -0.313. The molecule has 1 saturated carbocycles. The van der Waals surface area contributed by atoms with Gasteiger partial charge in [-0.2, -0.15) is 0 Å². The van der Waals surface area contributed by atoms with Gasteiger partial charge >= 0.3 is 0 Å². The smallest absolute Gasteiger partial charge is 0.257 e. The zero-order chi connectivity index (χ0) is 25.1. The number of fused-ring (bicyclic) bond motifs is 2. The summed E-state index contributed by atoms with van der Waals surface area (Å²) in [4.78, 5) is 39.9. The quantitative estimate of drug-likeness (QED) is 0.620. The number of carbonyl (C=O) groups is 3. The number of ether oxygens (including phenoxy) is 2. The monoisotopic (exact) mass is 491 g/mol. The molecule has 3 atom stereocenters. The minimum Gasteiger partial charge on any atom is -0.490 e. The summed E-state index contributed by atoms with van der Waals surface area (Å²) in [5.41, 5.74) is 1.88. The highest BCUT2D eigenvalue weighted by atomic mass is 16.5. The van der Waals surface area contributed by atoms with Gasteiger partial charge in [0.2, 0.25) is 11.8 Å². The number of anilines is 1. The fourth-order valence-corrected chi connectivity index (χ4v) is 4.95. The van der Waals surface area contributed by atoms with Gasteiger partial charge in [-0.15, -0.1) is 0 Å². The molecule has 0 radical (unpaired) electrons. The van der Waals surface area contributed by atoms with Crippen LogP contribution in [-0.4, -0.2) is 61.1 Å². The molecule has 2 fully saturated rings. The van der Waals surface area contributed by atoms with Crippen LogP contribution in [0.4, 0.5) is 5.69 Å². The van der Waals surface area contributed by atoms with Crippen molar-refractivity contribution in [2.45, 2.75) is 56.8 Å². The molecule has 0 spiro atoms. The number of hydrogen-bond acceptors (Lipinski definition) is 5. The molecule has 8 heteroatoms. The molecule has 2 aliphatic heterocycles. The molecule has 1 aliphatic carbocycles. The molecule has 0 unspecified atom stereocenters. The molecule has 2 N–H and O–H groups in total. The molecule has 2 heterocycles. The number of nitrogens with zero attached hydrogens (tertiary/aromatic N) is 1. The van der Waals surface area contributed by atoms with Gasteiger partial charge in [0.25, 0.3) is 5.91 Å². The maximum Gasteiger partial charge on any atom is 0.257 e. The summed E-state index contributed by atoms with van der Waals surface area (Å²) in [5.74, 6) is 0.791. The third-order valence-electron chi connectivity index (χ3n) is 7.20. The first-order valence-corrected chi connectivity index (χ1v) is 12.8. The zero-order valence-corrected chi connectivity index (χ0v) is 20.6. The van der Waals surface area contributed by atoms with Gasteiger partial charge in [0, 0.05) is 19.3 Å². The Kier molecular flexibility index (Phi) is 7.23. The average molecular weight is 492 g/mol. The van der Waals surface area contributed by atoms with E-state index in [1.165, 1.54) is 12.8 Å². The summed E-state index contributed by atoms with van der Waals surface area (Å²) in [7, 11) is 1.78. The van der Waals surface area contributed by atoms with Crippen molar-refractivity contribution in [3.05, 3.63) is 59.7 Å². The van der Waals surface area contributed by atoms with Crippen LogP contribution in [0.1, 0.15) is 48.0 Å². The number of rotatable bonds is 7. The van der Waals surface area contributed by atoms with Gasteiger partial charge in [-0.1, -0.05) is 30.3 Å². The largest absolute Gasteiger partial charge is 0.490 e.